The van der Waals surface area contributed by atoms with Crippen molar-refractivity contribution >= 4 is 5.91 Å². The van der Waals surface area contributed by atoms with Crippen LogP contribution in [-0.4, -0.2) is 42.2 Å². The quantitative estimate of drug-likeness (QED) is 0.832. The molecular formula is C12H21F3N2O. The van der Waals surface area contributed by atoms with E-state index in [0.717, 1.165) is 19.4 Å². The SMILES string of the molecule is CC.O=C(CCC(F)(F)F)N1CC2CCC1CN2. The van der Waals surface area contributed by atoms with Crippen LogP contribution in [0.25, 0.3) is 0 Å². The van der Waals surface area contributed by atoms with Gasteiger partial charge in [0.2, 0.25) is 5.91 Å². The summed E-state index contributed by atoms with van der Waals surface area (Å²) in [5.74, 6) is -0.353. The van der Waals surface area contributed by atoms with E-state index in [-0.39, 0.29) is 18.0 Å². The predicted octanol–water partition coefficient (Wildman–Crippen LogP) is 2.32. The third-order valence-corrected chi connectivity index (χ3v) is 3.29. The van der Waals surface area contributed by atoms with Crippen molar-refractivity contribution in [3.05, 3.63) is 0 Å². The first-order valence-corrected chi connectivity index (χ1v) is 6.55. The Balaban J connectivity index is 0.000000771. The number of nitrogens with one attached hydrogen (secondary N) is 1. The molecule has 2 atom stereocenters. The smallest absolute Gasteiger partial charge is 0.337 e. The summed E-state index contributed by atoms with van der Waals surface area (Å²) in [7, 11) is 0. The number of amides is 1. The molecule has 2 unspecified atom stereocenters. The average molecular weight is 266 g/mol. The fraction of sp³-hybridized carbons (Fsp3) is 0.917. The van der Waals surface area contributed by atoms with Gasteiger partial charge in [-0.05, 0) is 12.8 Å². The molecule has 3 saturated heterocycles. The van der Waals surface area contributed by atoms with Gasteiger partial charge >= 0.3 is 6.18 Å². The summed E-state index contributed by atoms with van der Waals surface area (Å²) in [6, 6.07) is 0.380. The van der Waals surface area contributed by atoms with Gasteiger partial charge in [-0.3, -0.25) is 4.79 Å². The summed E-state index contributed by atoms with van der Waals surface area (Å²) < 4.78 is 36.0. The molecule has 18 heavy (non-hydrogen) atoms. The summed E-state index contributed by atoms with van der Waals surface area (Å²) in [6.07, 6.45) is -3.72. The Labute approximate surface area is 106 Å². The van der Waals surface area contributed by atoms with Crippen LogP contribution in [-0.2, 0) is 4.79 Å². The molecule has 0 aromatic rings. The number of carbonyl (C=O) groups is 1. The first-order valence-electron chi connectivity index (χ1n) is 6.55. The number of rotatable bonds is 2. The number of halogens is 3. The average Bonchev–Trinajstić information content (AvgIpc) is 2.39. The molecule has 3 aliphatic heterocycles. The third-order valence-electron chi connectivity index (χ3n) is 3.29. The lowest BCUT2D eigenvalue weighted by molar-refractivity contribution is -0.152. The van der Waals surface area contributed by atoms with Crippen LogP contribution in [0.1, 0.15) is 39.5 Å². The van der Waals surface area contributed by atoms with Crippen LogP contribution in [0, 0.1) is 0 Å². The summed E-state index contributed by atoms with van der Waals surface area (Å²) in [5, 5.41) is 3.26. The second kappa shape index (κ2) is 6.41. The fourth-order valence-electron chi connectivity index (χ4n) is 2.41. The van der Waals surface area contributed by atoms with Crippen LogP contribution in [0.5, 0.6) is 0 Å². The van der Waals surface area contributed by atoms with Gasteiger partial charge in [-0.1, -0.05) is 13.8 Å². The lowest BCUT2D eigenvalue weighted by Crippen LogP contribution is -2.62. The third kappa shape index (κ3) is 4.15. The molecule has 0 aromatic carbocycles. The highest BCUT2D eigenvalue weighted by molar-refractivity contribution is 5.77. The number of hydrogen-bond donors (Lipinski definition) is 1. The minimum atomic E-state index is -4.23. The Kier molecular flexibility index (Phi) is 5.44. The maximum atomic E-state index is 12.0. The molecule has 106 valence electrons. The zero-order chi connectivity index (χ0) is 13.8. The van der Waals surface area contributed by atoms with Gasteiger partial charge < -0.3 is 10.2 Å². The Hall–Kier alpha value is -0.780. The second-order valence-electron chi connectivity index (χ2n) is 4.50. The standard InChI is InChI=1S/C10H15F3N2O.C2H6/c11-10(12,13)4-3-9(16)15-6-7-1-2-8(15)5-14-7;1-2/h7-8,14H,1-6H2;1-2H3. The summed E-state index contributed by atoms with van der Waals surface area (Å²) in [4.78, 5) is 13.3. The van der Waals surface area contributed by atoms with Crippen molar-refractivity contribution < 1.29 is 18.0 Å². The number of piperidine rings is 2. The monoisotopic (exact) mass is 266 g/mol. The number of carbonyl (C=O) groups excluding carboxylic acids is 1. The molecule has 0 aromatic heterocycles. The molecule has 3 aliphatic rings. The summed E-state index contributed by atoms with van der Waals surface area (Å²) in [5.41, 5.74) is 0. The molecular weight excluding hydrogens is 245 g/mol. The van der Waals surface area contributed by atoms with Crippen LogP contribution in [0.2, 0.25) is 0 Å². The first kappa shape index (κ1) is 15.3. The van der Waals surface area contributed by atoms with E-state index in [1.807, 2.05) is 13.8 Å². The molecule has 0 radical (unpaired) electrons. The van der Waals surface area contributed by atoms with Crippen molar-refractivity contribution in [1.82, 2.24) is 10.2 Å². The van der Waals surface area contributed by atoms with E-state index < -0.39 is 19.0 Å². The zero-order valence-corrected chi connectivity index (χ0v) is 10.9. The van der Waals surface area contributed by atoms with Gasteiger partial charge in [0.1, 0.15) is 0 Å². The highest BCUT2D eigenvalue weighted by atomic mass is 19.4. The molecule has 3 heterocycles. The number of nitrogens with zero attached hydrogens (tertiary/aromatic N) is 1. The largest absolute Gasteiger partial charge is 0.389 e. The van der Waals surface area contributed by atoms with Gasteiger partial charge in [-0.15, -0.1) is 0 Å². The second-order valence-corrected chi connectivity index (χ2v) is 4.50. The van der Waals surface area contributed by atoms with Crippen LogP contribution < -0.4 is 5.32 Å². The van der Waals surface area contributed by atoms with Crippen molar-refractivity contribution in [1.29, 1.82) is 0 Å². The number of fused-ring (bicyclic) bond motifs is 3. The van der Waals surface area contributed by atoms with Gasteiger partial charge in [0, 0.05) is 31.6 Å². The van der Waals surface area contributed by atoms with Gasteiger partial charge in [-0.25, -0.2) is 0 Å². The highest BCUT2D eigenvalue weighted by Gasteiger charge is 2.37. The molecule has 6 heteroatoms. The molecule has 3 fully saturated rings. The lowest BCUT2D eigenvalue weighted by Gasteiger charge is -2.46. The minimum Gasteiger partial charge on any atom is -0.337 e. The molecule has 1 N–H and O–H groups in total. The van der Waals surface area contributed by atoms with E-state index in [1.54, 1.807) is 4.90 Å². The molecule has 0 spiro atoms. The molecule has 0 aliphatic carbocycles. The number of hydrogen-bond acceptors (Lipinski definition) is 2. The van der Waals surface area contributed by atoms with Crippen molar-refractivity contribution in [3.8, 4) is 0 Å². The van der Waals surface area contributed by atoms with Crippen molar-refractivity contribution in [2.45, 2.75) is 57.8 Å². The highest BCUT2D eigenvalue weighted by Crippen LogP contribution is 2.26. The van der Waals surface area contributed by atoms with Crippen LogP contribution in [0.15, 0.2) is 0 Å². The molecule has 1 amide bonds. The minimum absolute atomic E-state index is 0.103. The Morgan fingerprint density at radius 1 is 1.33 bits per heavy atom. The van der Waals surface area contributed by atoms with Crippen molar-refractivity contribution in [2.75, 3.05) is 13.1 Å². The van der Waals surface area contributed by atoms with E-state index in [0.29, 0.717) is 6.54 Å². The fourth-order valence-corrected chi connectivity index (χ4v) is 2.41. The van der Waals surface area contributed by atoms with E-state index in [9.17, 15) is 18.0 Å². The van der Waals surface area contributed by atoms with Crippen molar-refractivity contribution in [3.63, 3.8) is 0 Å². The van der Waals surface area contributed by atoms with E-state index in [1.165, 1.54) is 0 Å². The van der Waals surface area contributed by atoms with E-state index in [4.69, 9.17) is 0 Å². The molecule has 0 saturated carbocycles. The zero-order valence-electron chi connectivity index (χ0n) is 10.9. The van der Waals surface area contributed by atoms with E-state index in [2.05, 4.69) is 5.32 Å². The van der Waals surface area contributed by atoms with Gasteiger partial charge in [-0.2, -0.15) is 13.2 Å². The Bertz CT molecular complexity index is 273. The summed E-state index contributed by atoms with van der Waals surface area (Å²) >= 11 is 0. The van der Waals surface area contributed by atoms with Crippen LogP contribution in [0.4, 0.5) is 13.2 Å². The maximum Gasteiger partial charge on any atom is 0.389 e. The lowest BCUT2D eigenvalue weighted by atomic mass is 9.92. The topological polar surface area (TPSA) is 32.3 Å². The number of alkyl halides is 3. The first-order chi connectivity index (χ1) is 8.46. The Morgan fingerprint density at radius 3 is 2.39 bits per heavy atom. The maximum absolute atomic E-state index is 12.0. The normalized spacial score (nSPS) is 26.6. The molecule has 3 nitrogen and oxygen atoms in total. The van der Waals surface area contributed by atoms with Gasteiger partial charge in [0.05, 0.1) is 6.42 Å². The van der Waals surface area contributed by atoms with Gasteiger partial charge in [0.25, 0.3) is 0 Å². The molecule has 2 bridgehead atoms. The van der Waals surface area contributed by atoms with Crippen LogP contribution >= 0.6 is 0 Å². The van der Waals surface area contributed by atoms with Crippen molar-refractivity contribution in [2.24, 2.45) is 0 Å². The summed E-state index contributed by atoms with van der Waals surface area (Å²) in [6.45, 7) is 5.30. The number of piperazine rings is 1. The Morgan fingerprint density at radius 2 is 2.00 bits per heavy atom. The van der Waals surface area contributed by atoms with Gasteiger partial charge in [0.15, 0.2) is 0 Å². The predicted molar refractivity (Wildman–Crippen MR) is 63.2 cm³/mol. The van der Waals surface area contributed by atoms with E-state index >= 15 is 0 Å². The molecule has 3 rings (SSSR count). The van der Waals surface area contributed by atoms with Crippen LogP contribution in [0.3, 0.4) is 0 Å².